The molecule has 0 spiro atoms. The molecule has 0 saturated carbocycles. The molecule has 3 nitrogen and oxygen atoms in total. The third-order valence-corrected chi connectivity index (χ3v) is 6.04. The molecule has 1 aromatic heterocycles. The van der Waals surface area contributed by atoms with Crippen LogP contribution in [0.5, 0.6) is 5.88 Å². The van der Waals surface area contributed by atoms with Gasteiger partial charge in [-0.3, -0.25) is 0 Å². The van der Waals surface area contributed by atoms with E-state index in [1.54, 1.807) is 7.11 Å². The molecule has 0 aliphatic carbocycles. The molecule has 1 unspecified atom stereocenters. The second-order valence-corrected chi connectivity index (χ2v) is 8.61. The first kappa shape index (κ1) is 23.0. The van der Waals surface area contributed by atoms with Gasteiger partial charge in [-0.1, -0.05) is 43.3 Å². The fourth-order valence-electron chi connectivity index (χ4n) is 4.30. The first-order valence-corrected chi connectivity index (χ1v) is 11.3. The molecule has 0 N–H and O–H groups in total. The smallest absolute Gasteiger partial charge is 0.216 e. The quantitative estimate of drug-likeness (QED) is 0.402. The number of aromatic nitrogens is 1. The number of benzene rings is 2. The van der Waals surface area contributed by atoms with Crippen molar-refractivity contribution in [3.05, 3.63) is 76.4 Å². The lowest BCUT2D eigenvalue weighted by Gasteiger charge is -2.23. The predicted molar refractivity (Wildman–Crippen MR) is 133 cm³/mol. The second kappa shape index (κ2) is 10.6. The van der Waals surface area contributed by atoms with Gasteiger partial charge in [-0.05, 0) is 100 Å². The van der Waals surface area contributed by atoms with Crippen LogP contribution in [0.25, 0.3) is 17.0 Å². The number of hydrogen-bond donors (Lipinski definition) is 0. The van der Waals surface area contributed by atoms with Gasteiger partial charge in [0, 0.05) is 10.9 Å². The van der Waals surface area contributed by atoms with E-state index in [0.29, 0.717) is 5.92 Å². The molecule has 0 fully saturated rings. The molecule has 3 aromatic rings. The number of pyridine rings is 1. The Morgan fingerprint density at radius 1 is 1.13 bits per heavy atom. The lowest BCUT2D eigenvalue weighted by Crippen LogP contribution is -2.18. The summed E-state index contributed by atoms with van der Waals surface area (Å²) in [6.07, 6.45) is 7.40. The van der Waals surface area contributed by atoms with Gasteiger partial charge in [-0.15, -0.1) is 0 Å². The summed E-state index contributed by atoms with van der Waals surface area (Å²) in [5, 5.41) is 1.19. The molecule has 164 valence electrons. The van der Waals surface area contributed by atoms with Gasteiger partial charge >= 0.3 is 0 Å². The Bertz CT molecular complexity index is 1050. The molecule has 0 amide bonds. The van der Waals surface area contributed by atoms with Crippen LogP contribution in [0.3, 0.4) is 0 Å². The molecule has 3 rings (SSSR count). The van der Waals surface area contributed by atoms with Crippen LogP contribution in [0, 0.1) is 6.92 Å². The summed E-state index contributed by atoms with van der Waals surface area (Å²) in [5.41, 5.74) is 7.58. The van der Waals surface area contributed by atoms with Crippen molar-refractivity contribution in [2.45, 2.75) is 46.0 Å². The SMILES string of the molecule is C/C=C\c1c(C)cccc1C(CCN(C)C)Cc1cc2cc(CC)ccc2nc1OC. The number of fused-ring (bicyclic) bond motifs is 1. The Balaban J connectivity index is 2.07. The molecule has 0 aliphatic rings. The van der Waals surface area contributed by atoms with Gasteiger partial charge < -0.3 is 9.64 Å². The van der Waals surface area contributed by atoms with Crippen molar-refractivity contribution in [3.8, 4) is 5.88 Å². The minimum atomic E-state index is 0.385. The third kappa shape index (κ3) is 5.54. The molecule has 1 heterocycles. The van der Waals surface area contributed by atoms with Gasteiger partial charge in [0.15, 0.2) is 0 Å². The van der Waals surface area contributed by atoms with E-state index in [1.807, 2.05) is 0 Å². The van der Waals surface area contributed by atoms with E-state index in [0.717, 1.165) is 37.2 Å². The Morgan fingerprint density at radius 3 is 2.61 bits per heavy atom. The van der Waals surface area contributed by atoms with E-state index in [9.17, 15) is 0 Å². The van der Waals surface area contributed by atoms with Gasteiger partial charge in [0.1, 0.15) is 0 Å². The van der Waals surface area contributed by atoms with E-state index in [-0.39, 0.29) is 0 Å². The Hall–Kier alpha value is -2.65. The van der Waals surface area contributed by atoms with Crippen molar-refractivity contribution >= 4 is 17.0 Å². The van der Waals surface area contributed by atoms with E-state index >= 15 is 0 Å². The zero-order valence-electron chi connectivity index (χ0n) is 19.9. The number of ether oxygens (including phenoxy) is 1. The van der Waals surface area contributed by atoms with E-state index in [2.05, 4.69) is 94.4 Å². The molecule has 0 saturated heterocycles. The first-order valence-electron chi connectivity index (χ1n) is 11.3. The summed E-state index contributed by atoms with van der Waals surface area (Å²) in [5.74, 6) is 1.13. The number of hydrogen-bond acceptors (Lipinski definition) is 3. The number of aryl methyl sites for hydroxylation is 2. The molecular formula is C28H36N2O. The maximum atomic E-state index is 5.74. The third-order valence-electron chi connectivity index (χ3n) is 6.04. The first-order chi connectivity index (χ1) is 15.0. The summed E-state index contributed by atoms with van der Waals surface area (Å²) >= 11 is 0. The van der Waals surface area contributed by atoms with Crippen LogP contribution in [0.2, 0.25) is 0 Å². The normalized spacial score (nSPS) is 12.7. The summed E-state index contributed by atoms with van der Waals surface area (Å²) in [6.45, 7) is 7.52. The average molecular weight is 417 g/mol. The Kier molecular flexibility index (Phi) is 7.86. The fraction of sp³-hybridized carbons (Fsp3) is 0.393. The maximum Gasteiger partial charge on any atom is 0.216 e. The monoisotopic (exact) mass is 416 g/mol. The highest BCUT2D eigenvalue weighted by molar-refractivity contribution is 5.81. The highest BCUT2D eigenvalue weighted by Crippen LogP contribution is 2.33. The number of nitrogens with zero attached hydrogens (tertiary/aromatic N) is 2. The van der Waals surface area contributed by atoms with Crippen LogP contribution in [0.1, 0.15) is 54.0 Å². The Labute approximate surface area is 187 Å². The highest BCUT2D eigenvalue weighted by atomic mass is 16.5. The zero-order chi connectivity index (χ0) is 22.4. The van der Waals surface area contributed by atoms with Crippen LogP contribution in [0.4, 0.5) is 0 Å². The molecule has 2 aromatic carbocycles. The fourth-order valence-corrected chi connectivity index (χ4v) is 4.30. The zero-order valence-corrected chi connectivity index (χ0v) is 19.9. The average Bonchev–Trinajstić information content (AvgIpc) is 2.77. The molecule has 31 heavy (non-hydrogen) atoms. The van der Waals surface area contributed by atoms with E-state index in [1.165, 1.54) is 33.2 Å². The molecule has 0 aliphatic heterocycles. The summed E-state index contributed by atoms with van der Waals surface area (Å²) in [6, 6.07) is 15.5. The largest absolute Gasteiger partial charge is 0.481 e. The van der Waals surface area contributed by atoms with Crippen molar-refractivity contribution < 1.29 is 4.74 Å². The van der Waals surface area contributed by atoms with Crippen molar-refractivity contribution in [2.75, 3.05) is 27.7 Å². The van der Waals surface area contributed by atoms with E-state index in [4.69, 9.17) is 9.72 Å². The molecular weight excluding hydrogens is 380 g/mol. The standard InChI is InChI=1S/C28H36N2O/c1-7-10-25-20(3)11-9-12-26(25)22(15-16-30(4)5)18-24-19-23-17-21(8-2)13-14-27(23)29-28(24)31-6/h7,9-14,17,19,22H,8,15-16,18H2,1-6H3/b10-7-. The highest BCUT2D eigenvalue weighted by Gasteiger charge is 2.20. The molecule has 0 bridgehead atoms. The molecule has 1 atom stereocenters. The van der Waals surface area contributed by atoms with Gasteiger partial charge in [0.2, 0.25) is 5.88 Å². The van der Waals surface area contributed by atoms with Crippen LogP contribution < -0.4 is 4.74 Å². The minimum absolute atomic E-state index is 0.385. The minimum Gasteiger partial charge on any atom is -0.481 e. The summed E-state index contributed by atoms with van der Waals surface area (Å²) in [4.78, 5) is 7.11. The molecule has 3 heteroatoms. The number of methoxy groups -OCH3 is 1. The number of allylic oxidation sites excluding steroid dienone is 1. The van der Waals surface area contributed by atoms with Crippen LogP contribution in [-0.4, -0.2) is 37.6 Å². The van der Waals surface area contributed by atoms with Gasteiger partial charge in [0.25, 0.3) is 0 Å². The predicted octanol–water partition coefficient (Wildman–Crippen LogP) is 6.43. The number of rotatable bonds is 9. The van der Waals surface area contributed by atoms with Crippen molar-refractivity contribution in [1.29, 1.82) is 0 Å². The second-order valence-electron chi connectivity index (χ2n) is 8.61. The van der Waals surface area contributed by atoms with Crippen molar-refractivity contribution in [3.63, 3.8) is 0 Å². The van der Waals surface area contributed by atoms with Crippen molar-refractivity contribution in [2.24, 2.45) is 0 Å². The lowest BCUT2D eigenvalue weighted by atomic mass is 9.84. The van der Waals surface area contributed by atoms with Gasteiger partial charge in [-0.25, -0.2) is 4.98 Å². The Morgan fingerprint density at radius 2 is 1.94 bits per heavy atom. The lowest BCUT2D eigenvalue weighted by molar-refractivity contribution is 0.372. The summed E-state index contributed by atoms with van der Waals surface area (Å²) in [7, 11) is 6.01. The van der Waals surface area contributed by atoms with Crippen LogP contribution in [-0.2, 0) is 12.8 Å². The van der Waals surface area contributed by atoms with Crippen LogP contribution in [0.15, 0.2) is 48.5 Å². The topological polar surface area (TPSA) is 25.4 Å². The maximum absolute atomic E-state index is 5.74. The van der Waals surface area contributed by atoms with Crippen molar-refractivity contribution in [1.82, 2.24) is 9.88 Å². The summed E-state index contributed by atoms with van der Waals surface area (Å²) < 4.78 is 5.74. The van der Waals surface area contributed by atoms with Gasteiger partial charge in [-0.2, -0.15) is 0 Å². The van der Waals surface area contributed by atoms with Gasteiger partial charge in [0.05, 0.1) is 12.6 Å². The van der Waals surface area contributed by atoms with E-state index < -0.39 is 0 Å². The molecule has 0 radical (unpaired) electrons. The van der Waals surface area contributed by atoms with Crippen LogP contribution >= 0.6 is 0 Å².